The summed E-state index contributed by atoms with van der Waals surface area (Å²) in [6.07, 6.45) is 4.91. The Morgan fingerprint density at radius 2 is 2.19 bits per heavy atom. The lowest BCUT2D eigenvalue weighted by molar-refractivity contribution is -0.385. The Kier molecular flexibility index (Phi) is 5.52. The van der Waals surface area contributed by atoms with Gasteiger partial charge in [-0.25, -0.2) is 4.98 Å². The van der Waals surface area contributed by atoms with E-state index in [0.29, 0.717) is 15.9 Å². The quantitative estimate of drug-likeness (QED) is 0.647. The molecule has 0 bridgehead atoms. The number of halogens is 1. The van der Waals surface area contributed by atoms with Crippen LogP contribution in [-0.4, -0.2) is 41.5 Å². The van der Waals surface area contributed by atoms with E-state index >= 15 is 0 Å². The van der Waals surface area contributed by atoms with Gasteiger partial charge in [-0.05, 0) is 68.2 Å². The van der Waals surface area contributed by atoms with Crippen molar-refractivity contribution in [3.05, 3.63) is 26.3 Å². The predicted molar refractivity (Wildman–Crippen MR) is 86.7 cm³/mol. The summed E-state index contributed by atoms with van der Waals surface area (Å²) in [5.41, 5.74) is 0.652. The topological polar surface area (TPSA) is 71.3 Å². The van der Waals surface area contributed by atoms with Crippen molar-refractivity contribution < 1.29 is 4.92 Å². The number of rotatable bonds is 5. The lowest BCUT2D eigenvalue weighted by Gasteiger charge is -2.28. The molecule has 0 saturated carbocycles. The Morgan fingerprint density at radius 1 is 1.52 bits per heavy atom. The summed E-state index contributed by atoms with van der Waals surface area (Å²) in [4.78, 5) is 17.0. The van der Waals surface area contributed by atoms with Crippen LogP contribution in [0.3, 0.4) is 0 Å². The van der Waals surface area contributed by atoms with E-state index in [4.69, 9.17) is 0 Å². The Labute approximate surface area is 133 Å². The average molecular weight is 357 g/mol. The fraction of sp³-hybridized carbons (Fsp3) is 0.643. The standard InChI is InChI=1S/C14H21BrN4O2/c1-10-12(19(20)21)9-17-14(13(10)15)16-6-3-11-4-7-18(2)8-5-11/h9,11H,3-8H2,1-2H3,(H,16,17). The van der Waals surface area contributed by atoms with Crippen molar-refractivity contribution in [2.75, 3.05) is 32.0 Å². The minimum atomic E-state index is -0.407. The fourth-order valence-electron chi connectivity index (χ4n) is 2.62. The van der Waals surface area contributed by atoms with Crippen LogP contribution in [0.25, 0.3) is 0 Å². The number of nitrogens with one attached hydrogen (secondary N) is 1. The first kappa shape index (κ1) is 16.2. The number of nitro groups is 1. The molecule has 0 radical (unpaired) electrons. The highest BCUT2D eigenvalue weighted by molar-refractivity contribution is 9.10. The van der Waals surface area contributed by atoms with Gasteiger partial charge in [-0.2, -0.15) is 0 Å². The summed E-state index contributed by atoms with van der Waals surface area (Å²) in [6.45, 7) is 4.91. The van der Waals surface area contributed by atoms with Gasteiger partial charge in [-0.3, -0.25) is 10.1 Å². The highest BCUT2D eigenvalue weighted by atomic mass is 79.9. The van der Waals surface area contributed by atoms with Gasteiger partial charge in [0.15, 0.2) is 0 Å². The number of likely N-dealkylation sites (tertiary alicyclic amines) is 1. The zero-order chi connectivity index (χ0) is 15.4. The molecule has 7 heteroatoms. The lowest BCUT2D eigenvalue weighted by Crippen LogP contribution is -2.30. The molecular weight excluding hydrogens is 336 g/mol. The second kappa shape index (κ2) is 7.17. The number of nitrogens with zero attached hydrogens (tertiary/aromatic N) is 3. The van der Waals surface area contributed by atoms with E-state index in [9.17, 15) is 10.1 Å². The maximum Gasteiger partial charge on any atom is 0.291 e. The van der Waals surface area contributed by atoms with Crippen molar-refractivity contribution in [2.45, 2.75) is 26.2 Å². The first-order valence-electron chi connectivity index (χ1n) is 7.21. The van der Waals surface area contributed by atoms with Gasteiger partial charge in [0.05, 0.1) is 9.40 Å². The Balaban J connectivity index is 1.89. The molecule has 0 atom stereocenters. The lowest BCUT2D eigenvalue weighted by atomic mass is 9.94. The molecule has 2 heterocycles. The molecule has 6 nitrogen and oxygen atoms in total. The highest BCUT2D eigenvalue weighted by Crippen LogP contribution is 2.30. The van der Waals surface area contributed by atoms with E-state index in [2.05, 4.69) is 38.2 Å². The molecule has 0 spiro atoms. The zero-order valence-electron chi connectivity index (χ0n) is 12.4. The van der Waals surface area contributed by atoms with Crippen LogP contribution < -0.4 is 5.32 Å². The van der Waals surface area contributed by atoms with Crippen LogP contribution in [-0.2, 0) is 0 Å². The van der Waals surface area contributed by atoms with Crippen LogP contribution in [0.2, 0.25) is 0 Å². The van der Waals surface area contributed by atoms with Crippen LogP contribution in [0.1, 0.15) is 24.8 Å². The van der Waals surface area contributed by atoms with E-state index in [1.807, 2.05) is 0 Å². The smallest absolute Gasteiger partial charge is 0.291 e. The normalized spacial score (nSPS) is 16.9. The van der Waals surface area contributed by atoms with Gasteiger partial charge < -0.3 is 10.2 Å². The monoisotopic (exact) mass is 356 g/mol. The molecule has 116 valence electrons. The molecule has 21 heavy (non-hydrogen) atoms. The molecule has 1 N–H and O–H groups in total. The van der Waals surface area contributed by atoms with Gasteiger partial charge in [0, 0.05) is 12.1 Å². The second-order valence-electron chi connectivity index (χ2n) is 5.65. The molecule has 1 aromatic heterocycles. The number of anilines is 1. The van der Waals surface area contributed by atoms with E-state index in [-0.39, 0.29) is 5.69 Å². The van der Waals surface area contributed by atoms with E-state index in [1.165, 1.54) is 32.1 Å². The number of hydrogen-bond donors (Lipinski definition) is 1. The molecule has 0 unspecified atom stereocenters. The van der Waals surface area contributed by atoms with Crippen molar-refractivity contribution in [3.63, 3.8) is 0 Å². The first-order valence-corrected chi connectivity index (χ1v) is 8.00. The van der Waals surface area contributed by atoms with Crippen molar-refractivity contribution in [1.29, 1.82) is 0 Å². The van der Waals surface area contributed by atoms with E-state index in [1.54, 1.807) is 6.92 Å². The van der Waals surface area contributed by atoms with Crippen LogP contribution >= 0.6 is 15.9 Å². The summed E-state index contributed by atoms with van der Waals surface area (Å²) in [5, 5.41) is 14.1. The molecule has 0 aromatic carbocycles. The minimum Gasteiger partial charge on any atom is -0.369 e. The molecule has 2 rings (SSSR count). The van der Waals surface area contributed by atoms with Crippen molar-refractivity contribution >= 4 is 27.4 Å². The third-order valence-electron chi connectivity index (χ3n) is 4.12. The van der Waals surface area contributed by atoms with E-state index < -0.39 is 4.92 Å². The largest absolute Gasteiger partial charge is 0.369 e. The molecular formula is C14H21BrN4O2. The summed E-state index contributed by atoms with van der Waals surface area (Å²) < 4.78 is 0.681. The first-order chi connectivity index (χ1) is 9.99. The second-order valence-corrected chi connectivity index (χ2v) is 6.44. The molecule has 1 aliphatic heterocycles. The van der Waals surface area contributed by atoms with Gasteiger partial charge in [0.1, 0.15) is 12.0 Å². The van der Waals surface area contributed by atoms with Gasteiger partial charge in [0.2, 0.25) is 0 Å². The Hall–Kier alpha value is -1.21. The van der Waals surface area contributed by atoms with Crippen LogP contribution in [0.4, 0.5) is 11.5 Å². The van der Waals surface area contributed by atoms with Gasteiger partial charge >= 0.3 is 0 Å². The molecule has 0 amide bonds. The van der Waals surface area contributed by atoms with Crippen molar-refractivity contribution in [1.82, 2.24) is 9.88 Å². The third kappa shape index (κ3) is 4.14. The van der Waals surface area contributed by atoms with Gasteiger partial charge in [0.25, 0.3) is 5.69 Å². The van der Waals surface area contributed by atoms with Crippen LogP contribution in [0.5, 0.6) is 0 Å². The van der Waals surface area contributed by atoms with Gasteiger partial charge in [-0.15, -0.1) is 0 Å². The number of pyridine rings is 1. The SMILES string of the molecule is Cc1c([N+](=O)[O-])cnc(NCCC2CCN(C)CC2)c1Br. The minimum absolute atomic E-state index is 0.0442. The zero-order valence-corrected chi connectivity index (χ0v) is 14.0. The van der Waals surface area contributed by atoms with Gasteiger partial charge in [-0.1, -0.05) is 0 Å². The summed E-state index contributed by atoms with van der Waals surface area (Å²) >= 11 is 3.40. The molecule has 1 aliphatic rings. The average Bonchev–Trinajstić information content (AvgIpc) is 2.45. The summed E-state index contributed by atoms with van der Waals surface area (Å²) in [5.74, 6) is 1.44. The molecule has 1 fully saturated rings. The van der Waals surface area contributed by atoms with E-state index in [0.717, 1.165) is 18.9 Å². The number of aromatic nitrogens is 1. The molecule has 1 saturated heterocycles. The van der Waals surface area contributed by atoms with Crippen LogP contribution in [0.15, 0.2) is 10.7 Å². The molecule has 1 aromatic rings. The Bertz CT molecular complexity index is 516. The Morgan fingerprint density at radius 3 is 2.81 bits per heavy atom. The highest BCUT2D eigenvalue weighted by Gasteiger charge is 2.18. The number of piperidine rings is 1. The fourth-order valence-corrected chi connectivity index (χ4v) is 3.07. The van der Waals surface area contributed by atoms with Crippen molar-refractivity contribution in [3.8, 4) is 0 Å². The summed E-state index contributed by atoms with van der Waals surface area (Å²) in [6, 6.07) is 0. The molecule has 0 aliphatic carbocycles. The third-order valence-corrected chi connectivity index (χ3v) is 5.09. The number of hydrogen-bond acceptors (Lipinski definition) is 5. The van der Waals surface area contributed by atoms with Crippen LogP contribution in [0, 0.1) is 23.0 Å². The maximum atomic E-state index is 10.9. The van der Waals surface area contributed by atoms with Crippen molar-refractivity contribution in [2.24, 2.45) is 5.92 Å². The summed E-state index contributed by atoms with van der Waals surface area (Å²) in [7, 11) is 2.16. The predicted octanol–water partition coefficient (Wildman–Crippen LogP) is 3.20. The maximum absolute atomic E-state index is 10.9.